The third-order valence-electron chi connectivity index (χ3n) is 8.25. The van der Waals surface area contributed by atoms with Gasteiger partial charge in [0.05, 0.1) is 16.6 Å². The molecule has 0 aromatic heterocycles. The maximum Gasteiger partial charge on any atom is 0.251 e. The van der Waals surface area contributed by atoms with Crippen LogP contribution in [0.25, 0.3) is 0 Å². The fourth-order valence-corrected chi connectivity index (χ4v) is 9.01. The topological polar surface area (TPSA) is 81.2 Å². The Morgan fingerprint density at radius 1 is 1.15 bits per heavy atom. The fourth-order valence-electron chi connectivity index (χ4n) is 6.67. The lowest BCUT2D eigenvalue weighted by atomic mass is 9.70. The third kappa shape index (κ3) is 5.52. The van der Waals surface area contributed by atoms with Crippen LogP contribution in [0.1, 0.15) is 45.4 Å². The molecule has 0 radical (unpaired) electrons. The Hall–Kier alpha value is -2.29. The van der Waals surface area contributed by atoms with E-state index in [0.717, 1.165) is 25.7 Å². The van der Waals surface area contributed by atoms with Crippen molar-refractivity contribution in [1.82, 2.24) is 9.80 Å². The van der Waals surface area contributed by atoms with Crippen LogP contribution in [0, 0.1) is 11.8 Å². The zero-order chi connectivity index (χ0) is 28.2. The molecule has 3 heterocycles. The van der Waals surface area contributed by atoms with Crippen molar-refractivity contribution < 1.29 is 19.5 Å². The largest absolute Gasteiger partial charge is 0.396 e. The number of anilines is 1. The monoisotopic (exact) mass is 573 g/mol. The van der Waals surface area contributed by atoms with Crippen LogP contribution in [0.5, 0.6) is 0 Å². The van der Waals surface area contributed by atoms with E-state index in [1.54, 1.807) is 45.8 Å². The molecule has 3 fully saturated rings. The number of aliphatic hydroxyl groups is 1. The van der Waals surface area contributed by atoms with Gasteiger partial charge in [0.15, 0.2) is 0 Å². The van der Waals surface area contributed by atoms with E-state index in [1.807, 2.05) is 24.0 Å². The van der Waals surface area contributed by atoms with Crippen LogP contribution in [0.4, 0.5) is 5.69 Å². The highest BCUT2D eigenvalue weighted by molar-refractivity contribution is 8.02. The molecule has 7 nitrogen and oxygen atoms in total. The second-order valence-electron chi connectivity index (χ2n) is 10.7. The molecule has 2 bridgehead atoms. The molecule has 3 saturated heterocycles. The molecule has 4 rings (SSSR count). The molecule has 3 aliphatic rings. The second-order valence-corrected chi connectivity index (χ2v) is 12.7. The molecule has 3 amide bonds. The van der Waals surface area contributed by atoms with E-state index in [9.17, 15) is 19.5 Å². The first kappa shape index (κ1) is 29.7. The van der Waals surface area contributed by atoms with E-state index in [0.29, 0.717) is 49.7 Å². The van der Waals surface area contributed by atoms with Crippen LogP contribution in [0.3, 0.4) is 0 Å². The zero-order valence-corrected chi connectivity index (χ0v) is 24.3. The summed E-state index contributed by atoms with van der Waals surface area (Å²) in [5.74, 6) is -1.20. The number of hydrogen-bond acceptors (Lipinski definition) is 5. The number of unbranched alkanes of at least 4 members (excludes halogenated alkanes) is 2. The summed E-state index contributed by atoms with van der Waals surface area (Å²) in [6.07, 6.45) is 7.87. The van der Waals surface area contributed by atoms with Gasteiger partial charge in [0, 0.05) is 48.7 Å². The molecule has 2 unspecified atom stereocenters. The van der Waals surface area contributed by atoms with Gasteiger partial charge < -0.3 is 19.8 Å². The Kier molecular flexibility index (Phi) is 9.83. The Morgan fingerprint density at radius 3 is 2.51 bits per heavy atom. The van der Waals surface area contributed by atoms with Gasteiger partial charge in [-0.1, -0.05) is 30.7 Å². The standard InChI is InChI=1S/C30H40ClN3O4S/c1-4-16-32(17-5-2)27(36)24-23-14-15-30(39-23)25(24)28(37)34(19-8-7-9-20-35)26(30)29(38)33(18-6-3)22-12-10-21(31)11-13-22/h4,6,10-13,23-26,35H,1,3,5,7-9,14-20H2,2H3/t23-,24+,25-,26?,30?/m0/s1. The van der Waals surface area contributed by atoms with Crippen LogP contribution in [-0.2, 0) is 14.4 Å². The van der Waals surface area contributed by atoms with Crippen LogP contribution in [-0.4, -0.2) is 81.5 Å². The number of aliphatic hydroxyl groups excluding tert-OH is 1. The van der Waals surface area contributed by atoms with Crippen molar-refractivity contribution >= 4 is 46.8 Å². The minimum absolute atomic E-state index is 0.00292. The highest BCUT2D eigenvalue weighted by Gasteiger charge is 2.74. The summed E-state index contributed by atoms with van der Waals surface area (Å²) >= 11 is 7.81. The number of amides is 3. The Labute approximate surface area is 241 Å². The van der Waals surface area contributed by atoms with Gasteiger partial charge in [-0.05, 0) is 62.8 Å². The average Bonchev–Trinajstić information content (AvgIpc) is 3.57. The molecule has 9 heteroatoms. The first-order chi connectivity index (χ1) is 18.8. The zero-order valence-electron chi connectivity index (χ0n) is 22.8. The number of fused-ring (bicyclic) bond motifs is 1. The van der Waals surface area contributed by atoms with Gasteiger partial charge in [-0.3, -0.25) is 14.4 Å². The Bertz CT molecular complexity index is 1080. The van der Waals surface area contributed by atoms with Gasteiger partial charge in [-0.15, -0.1) is 24.9 Å². The molecule has 0 aliphatic carbocycles. The molecule has 1 spiro atoms. The number of thioether (sulfide) groups is 1. The average molecular weight is 574 g/mol. The maximum absolute atomic E-state index is 14.5. The molecule has 3 aliphatic heterocycles. The number of nitrogens with zero attached hydrogens (tertiary/aromatic N) is 3. The second kappa shape index (κ2) is 12.9. The van der Waals surface area contributed by atoms with Crippen LogP contribution < -0.4 is 4.90 Å². The summed E-state index contributed by atoms with van der Waals surface area (Å²) in [6, 6.07) is 6.45. The van der Waals surface area contributed by atoms with Gasteiger partial charge >= 0.3 is 0 Å². The fraction of sp³-hybridized carbons (Fsp3) is 0.567. The van der Waals surface area contributed by atoms with Crippen molar-refractivity contribution in [3.8, 4) is 0 Å². The number of carbonyl (C=O) groups is 3. The van der Waals surface area contributed by atoms with E-state index in [-0.39, 0.29) is 29.6 Å². The number of hydrogen-bond donors (Lipinski definition) is 1. The molecule has 1 N–H and O–H groups in total. The predicted molar refractivity (Wildman–Crippen MR) is 158 cm³/mol. The van der Waals surface area contributed by atoms with E-state index in [1.165, 1.54) is 0 Å². The normalized spacial score (nSPS) is 26.9. The Morgan fingerprint density at radius 2 is 1.87 bits per heavy atom. The number of benzene rings is 1. The summed E-state index contributed by atoms with van der Waals surface area (Å²) in [4.78, 5) is 47.9. The lowest BCUT2D eigenvalue weighted by Gasteiger charge is -2.37. The van der Waals surface area contributed by atoms with E-state index >= 15 is 0 Å². The SMILES string of the molecule is C=CCN(CCC)C(=O)[C@@H]1[C@@H]2CCC3(S2)C(C(=O)N(CC=C)c2ccc(Cl)cc2)N(CCCCCO)C(=O)[C@H]13. The van der Waals surface area contributed by atoms with Gasteiger partial charge in [0.25, 0.3) is 5.91 Å². The van der Waals surface area contributed by atoms with Gasteiger partial charge in [-0.2, -0.15) is 0 Å². The smallest absolute Gasteiger partial charge is 0.251 e. The van der Waals surface area contributed by atoms with Crippen molar-refractivity contribution in [1.29, 1.82) is 0 Å². The van der Waals surface area contributed by atoms with Crippen molar-refractivity contribution in [3.05, 3.63) is 54.6 Å². The minimum atomic E-state index is -0.674. The summed E-state index contributed by atoms with van der Waals surface area (Å²) in [7, 11) is 0. The summed E-state index contributed by atoms with van der Waals surface area (Å²) in [6.45, 7) is 11.6. The summed E-state index contributed by atoms with van der Waals surface area (Å²) < 4.78 is -0.645. The van der Waals surface area contributed by atoms with E-state index in [4.69, 9.17) is 11.6 Å². The summed E-state index contributed by atoms with van der Waals surface area (Å²) in [5, 5.41) is 9.86. The lowest BCUT2D eigenvalue weighted by molar-refractivity contribution is -0.143. The minimum Gasteiger partial charge on any atom is -0.396 e. The van der Waals surface area contributed by atoms with Crippen LogP contribution >= 0.6 is 23.4 Å². The van der Waals surface area contributed by atoms with Crippen molar-refractivity contribution in [2.75, 3.05) is 37.7 Å². The molecule has 212 valence electrons. The number of rotatable bonds is 14. The van der Waals surface area contributed by atoms with Gasteiger partial charge in [-0.25, -0.2) is 0 Å². The summed E-state index contributed by atoms with van der Waals surface area (Å²) in [5.41, 5.74) is 0.696. The lowest BCUT2D eigenvalue weighted by Crippen LogP contribution is -2.55. The molecular weight excluding hydrogens is 534 g/mol. The molecule has 1 aromatic carbocycles. The highest BCUT2D eigenvalue weighted by Crippen LogP contribution is 2.66. The Balaban J connectivity index is 1.73. The van der Waals surface area contributed by atoms with Gasteiger partial charge in [0.1, 0.15) is 6.04 Å². The number of carbonyl (C=O) groups excluding carboxylic acids is 3. The first-order valence-electron chi connectivity index (χ1n) is 14.0. The first-order valence-corrected chi connectivity index (χ1v) is 15.3. The molecule has 5 atom stereocenters. The highest BCUT2D eigenvalue weighted by atomic mass is 35.5. The van der Waals surface area contributed by atoms with Crippen molar-refractivity contribution in [3.63, 3.8) is 0 Å². The van der Waals surface area contributed by atoms with E-state index in [2.05, 4.69) is 13.2 Å². The van der Waals surface area contributed by atoms with Gasteiger partial charge in [0.2, 0.25) is 11.8 Å². The molecular formula is C30H40ClN3O4S. The maximum atomic E-state index is 14.5. The van der Waals surface area contributed by atoms with Crippen LogP contribution in [0.15, 0.2) is 49.6 Å². The predicted octanol–water partition coefficient (Wildman–Crippen LogP) is 4.54. The molecule has 39 heavy (non-hydrogen) atoms. The molecule has 1 aromatic rings. The molecule has 0 saturated carbocycles. The quantitative estimate of drug-likeness (QED) is 0.261. The van der Waals surface area contributed by atoms with Crippen molar-refractivity contribution in [2.45, 2.75) is 61.5 Å². The van der Waals surface area contributed by atoms with E-state index < -0.39 is 22.6 Å². The third-order valence-corrected chi connectivity index (χ3v) is 10.5. The number of likely N-dealkylation sites (tertiary alicyclic amines) is 1. The van der Waals surface area contributed by atoms with Crippen LogP contribution in [0.2, 0.25) is 5.02 Å². The van der Waals surface area contributed by atoms with Crippen molar-refractivity contribution in [2.24, 2.45) is 11.8 Å². The number of halogens is 1.